The molecule has 6 heterocycles. The highest BCUT2D eigenvalue weighted by Crippen LogP contribution is 2.36. The molecular formula is C58H64N10O7S. The van der Waals surface area contributed by atoms with Gasteiger partial charge in [0.2, 0.25) is 17.7 Å². The Morgan fingerprint density at radius 1 is 0.882 bits per heavy atom. The maximum Gasteiger partial charge on any atom is 0.358 e. The number of ether oxygens (including phenoxy) is 2. The highest BCUT2D eigenvalue weighted by atomic mass is 32.1. The molecule has 17 nitrogen and oxygen atoms in total. The number of aryl methyl sites for hydroxylation is 1. The van der Waals surface area contributed by atoms with Crippen LogP contribution in [0.3, 0.4) is 0 Å². The van der Waals surface area contributed by atoms with Gasteiger partial charge in [-0.3, -0.25) is 44.3 Å². The summed E-state index contributed by atoms with van der Waals surface area (Å²) in [5.41, 5.74) is 7.26. The topological polar surface area (TPSA) is 193 Å². The molecule has 4 amide bonds. The van der Waals surface area contributed by atoms with Crippen LogP contribution in [0.5, 0.6) is 5.75 Å². The van der Waals surface area contributed by atoms with Gasteiger partial charge in [0, 0.05) is 80.5 Å². The summed E-state index contributed by atoms with van der Waals surface area (Å²) >= 11 is 1.44. The molecule has 0 radical (unpaired) electrons. The van der Waals surface area contributed by atoms with Crippen LogP contribution in [0, 0.1) is 6.92 Å². The minimum absolute atomic E-state index is 0.109. The summed E-state index contributed by atoms with van der Waals surface area (Å²) < 4.78 is 15.2. The first-order valence-electron chi connectivity index (χ1n) is 26.0. The summed E-state index contributed by atoms with van der Waals surface area (Å²) in [7, 11) is 1.81. The van der Waals surface area contributed by atoms with Gasteiger partial charge in [0.1, 0.15) is 17.2 Å². The second-order valence-corrected chi connectivity index (χ2v) is 22.2. The number of piperazine rings is 1. The third-order valence-electron chi connectivity index (χ3n) is 14.5. The van der Waals surface area contributed by atoms with Gasteiger partial charge in [0.05, 0.1) is 40.5 Å². The lowest BCUT2D eigenvalue weighted by atomic mass is 9.93. The van der Waals surface area contributed by atoms with Crippen LogP contribution in [0.1, 0.15) is 103 Å². The lowest BCUT2D eigenvalue weighted by Gasteiger charge is -2.44. The number of rotatable bonds is 14. The van der Waals surface area contributed by atoms with Crippen molar-refractivity contribution in [2.24, 2.45) is 7.05 Å². The van der Waals surface area contributed by atoms with Crippen LogP contribution in [0.15, 0.2) is 91.0 Å². The van der Waals surface area contributed by atoms with Gasteiger partial charge in [-0.2, -0.15) is 5.10 Å². The van der Waals surface area contributed by atoms with E-state index < -0.39 is 17.5 Å². The van der Waals surface area contributed by atoms with E-state index in [0.717, 1.165) is 75.2 Å². The average Bonchev–Trinajstić information content (AvgIpc) is 3.95. The molecule has 2 fully saturated rings. The summed E-state index contributed by atoms with van der Waals surface area (Å²) in [6.07, 6.45) is 2.16. The van der Waals surface area contributed by atoms with E-state index in [-0.39, 0.29) is 54.4 Å². The number of benzene rings is 4. The molecule has 0 spiro atoms. The Morgan fingerprint density at radius 2 is 1.67 bits per heavy atom. The Morgan fingerprint density at radius 3 is 2.45 bits per heavy atom. The number of carbonyl (C=O) groups is 5. The predicted octanol–water partition coefficient (Wildman–Crippen LogP) is 8.65. The van der Waals surface area contributed by atoms with E-state index in [2.05, 4.69) is 60.6 Å². The number of nitrogens with one attached hydrogen (secondary N) is 3. The first-order chi connectivity index (χ1) is 36.5. The van der Waals surface area contributed by atoms with Crippen LogP contribution in [0.25, 0.3) is 32.2 Å². The minimum Gasteiger partial charge on any atom is -0.493 e. The van der Waals surface area contributed by atoms with E-state index in [9.17, 15) is 24.0 Å². The normalized spacial score (nSPS) is 18.4. The van der Waals surface area contributed by atoms with E-state index in [4.69, 9.17) is 14.5 Å². The molecule has 4 aromatic carbocycles. The maximum atomic E-state index is 14.1. The Balaban J connectivity index is 0.760. The molecule has 1 unspecified atom stereocenters. The van der Waals surface area contributed by atoms with Crippen LogP contribution in [-0.4, -0.2) is 116 Å². The minimum atomic E-state index is -0.759. The van der Waals surface area contributed by atoms with Gasteiger partial charge in [0.25, 0.3) is 5.91 Å². The molecule has 3 atom stereocenters. The number of piperidine rings is 1. The van der Waals surface area contributed by atoms with Crippen LogP contribution in [0.2, 0.25) is 0 Å². The number of amides is 4. The Labute approximate surface area is 446 Å². The molecule has 0 bridgehead atoms. The fraction of sp³-hybridized carbons (Fsp3) is 0.379. The summed E-state index contributed by atoms with van der Waals surface area (Å²) in [6.45, 7) is 16.0. The Kier molecular flexibility index (Phi) is 14.8. The van der Waals surface area contributed by atoms with Gasteiger partial charge in [-0.1, -0.05) is 47.7 Å². The van der Waals surface area contributed by atoms with E-state index in [1.807, 2.05) is 120 Å². The summed E-state index contributed by atoms with van der Waals surface area (Å²) in [4.78, 5) is 82.0. The summed E-state index contributed by atoms with van der Waals surface area (Å²) in [6, 6.07) is 29.4. The molecule has 0 saturated carbocycles. The Hall–Kier alpha value is -7.54. The number of para-hydroxylation sites is 1. The third-order valence-corrected chi connectivity index (χ3v) is 15.5. The van der Waals surface area contributed by atoms with Crippen LogP contribution in [0.4, 0.5) is 16.6 Å². The van der Waals surface area contributed by atoms with Crippen molar-refractivity contribution in [3.63, 3.8) is 0 Å². The van der Waals surface area contributed by atoms with Gasteiger partial charge in [0.15, 0.2) is 10.8 Å². The molecule has 3 N–H and O–H groups in total. The van der Waals surface area contributed by atoms with Gasteiger partial charge in [-0.15, -0.1) is 0 Å². The molecule has 3 aliphatic heterocycles. The van der Waals surface area contributed by atoms with Crippen molar-refractivity contribution in [3.8, 4) is 16.9 Å². The number of hydrogen-bond donors (Lipinski definition) is 3. The zero-order chi connectivity index (χ0) is 53.4. The van der Waals surface area contributed by atoms with Crippen LogP contribution in [-0.2, 0) is 39.1 Å². The van der Waals surface area contributed by atoms with Crippen molar-refractivity contribution in [2.45, 2.75) is 97.4 Å². The monoisotopic (exact) mass is 1040 g/mol. The quantitative estimate of drug-likeness (QED) is 0.0533. The second kappa shape index (κ2) is 21.6. The number of nitrogens with zero attached hydrogens (tertiary/aromatic N) is 7. The molecule has 18 heteroatoms. The van der Waals surface area contributed by atoms with Crippen molar-refractivity contribution in [1.29, 1.82) is 0 Å². The Bertz CT molecular complexity index is 3350. The third kappa shape index (κ3) is 11.2. The van der Waals surface area contributed by atoms with Crippen molar-refractivity contribution in [2.75, 3.05) is 54.9 Å². The van der Waals surface area contributed by atoms with E-state index in [0.29, 0.717) is 66.0 Å². The fourth-order valence-electron chi connectivity index (χ4n) is 10.9. The molecule has 0 aliphatic carbocycles. The number of carbonyl (C=O) groups excluding carboxylic acids is 5. The smallest absolute Gasteiger partial charge is 0.358 e. The predicted molar refractivity (Wildman–Crippen MR) is 295 cm³/mol. The SMILES string of the molecule is Cc1c(OCCCN2[C@H](C)CN(CC(=O)Nc3ccc4c(C5CCC(=O)NC5=O)nn(C)c4c3)C[C@@H]2C)cccc1-c1ccc(N2CCc3cccc(C(=O)Nc4nc5ccccc5s4)c3C2)nc1C(=O)OC(C)(C)C. The van der Waals surface area contributed by atoms with Gasteiger partial charge >= 0.3 is 5.97 Å². The molecular weight excluding hydrogens is 981 g/mol. The first kappa shape index (κ1) is 51.9. The van der Waals surface area contributed by atoms with Gasteiger partial charge < -0.3 is 19.7 Å². The highest BCUT2D eigenvalue weighted by molar-refractivity contribution is 7.22. The molecule has 3 aliphatic rings. The van der Waals surface area contributed by atoms with Crippen LogP contribution < -0.4 is 25.6 Å². The molecule has 2 saturated heterocycles. The summed E-state index contributed by atoms with van der Waals surface area (Å²) in [5.74, 6) is -0.634. The van der Waals surface area contributed by atoms with Crippen molar-refractivity contribution >= 4 is 78.7 Å². The fourth-order valence-corrected chi connectivity index (χ4v) is 11.8. The number of anilines is 3. The maximum absolute atomic E-state index is 14.1. The largest absolute Gasteiger partial charge is 0.493 e. The summed E-state index contributed by atoms with van der Waals surface area (Å²) in [5, 5.41) is 14.5. The van der Waals surface area contributed by atoms with Crippen molar-refractivity contribution in [1.82, 2.24) is 34.9 Å². The average molecular weight is 1050 g/mol. The second-order valence-electron chi connectivity index (χ2n) is 21.2. The molecule has 76 heavy (non-hydrogen) atoms. The molecule has 7 aromatic rings. The van der Waals surface area contributed by atoms with Crippen molar-refractivity contribution < 1.29 is 33.4 Å². The van der Waals surface area contributed by atoms with Gasteiger partial charge in [-0.05, 0) is 138 Å². The number of hydrogen-bond acceptors (Lipinski definition) is 14. The first-order valence-corrected chi connectivity index (χ1v) is 26.9. The van der Waals surface area contributed by atoms with E-state index in [1.165, 1.54) is 11.3 Å². The lowest BCUT2D eigenvalue weighted by Crippen LogP contribution is -2.58. The molecule has 394 valence electrons. The number of imide groups is 1. The van der Waals surface area contributed by atoms with E-state index in [1.54, 1.807) is 4.68 Å². The number of esters is 1. The zero-order valence-electron chi connectivity index (χ0n) is 44.1. The van der Waals surface area contributed by atoms with Gasteiger partial charge in [-0.25, -0.2) is 14.8 Å². The van der Waals surface area contributed by atoms with Crippen LogP contribution >= 0.6 is 11.3 Å². The highest BCUT2D eigenvalue weighted by Gasteiger charge is 2.33. The molecule has 3 aromatic heterocycles. The number of aromatic nitrogens is 4. The standard InChI is InChI=1S/C58H64N10O7S/c1-34-30-66(33-51(70)59-38-19-20-42-46(29-38)65(7)64-52(42)43-22-24-50(69)62-55(43)72)31-35(2)68(34)26-12-28-74-47-17-11-14-39(36(47)3)40-21-23-49(61-53(40)56(73)75-58(4,5)6)67-27-25-37-13-10-15-41(44(37)32-67)54(71)63-57-60-45-16-8-9-18-48(45)76-57/h8-11,13-21,23,29,34-35,43H,12,22,24-28,30-33H2,1-7H3,(H,59,70)(H,60,63,71)(H,62,69,72)/t34-,35+,43?. The number of thiazole rings is 1. The zero-order valence-corrected chi connectivity index (χ0v) is 44.9. The van der Waals surface area contributed by atoms with Crippen molar-refractivity contribution in [3.05, 3.63) is 125 Å². The number of fused-ring (bicyclic) bond motifs is 3. The number of pyridine rings is 1. The molecule has 10 rings (SSSR count). The lowest BCUT2D eigenvalue weighted by molar-refractivity contribution is -0.134. The van der Waals surface area contributed by atoms with E-state index >= 15 is 0 Å².